The van der Waals surface area contributed by atoms with Crippen molar-refractivity contribution in [3.8, 4) is 0 Å². The summed E-state index contributed by atoms with van der Waals surface area (Å²) in [4.78, 5) is 10.7. The van der Waals surface area contributed by atoms with Crippen LogP contribution in [0, 0.1) is 0 Å². The molecular formula is C9H10F3NO. The van der Waals surface area contributed by atoms with Gasteiger partial charge in [-0.15, -0.1) is 0 Å². The summed E-state index contributed by atoms with van der Waals surface area (Å²) in [7, 11) is 0. The standard InChI is InChI=1S/C9H10F3NO/c10-9(11,12)4-1-5-13-6-2-8(14)3-7-13/h2-3,6-7H,1,4-5H2. The Labute approximate surface area is 79.0 Å². The molecule has 0 aliphatic carbocycles. The second-order valence-electron chi connectivity index (χ2n) is 2.99. The van der Waals surface area contributed by atoms with E-state index in [2.05, 4.69) is 0 Å². The molecule has 0 bridgehead atoms. The molecule has 0 amide bonds. The van der Waals surface area contributed by atoms with Crippen LogP contribution in [0.3, 0.4) is 0 Å². The predicted octanol–water partition coefficient (Wildman–Crippen LogP) is 2.19. The number of nitrogens with zero attached hydrogens (tertiary/aromatic N) is 1. The van der Waals surface area contributed by atoms with Gasteiger partial charge in [0.1, 0.15) is 0 Å². The molecule has 0 saturated heterocycles. The molecule has 0 spiro atoms. The second-order valence-corrected chi connectivity index (χ2v) is 2.99. The van der Waals surface area contributed by atoms with E-state index in [1.54, 1.807) is 4.57 Å². The van der Waals surface area contributed by atoms with E-state index in [-0.39, 0.29) is 18.4 Å². The second kappa shape index (κ2) is 4.30. The highest BCUT2D eigenvalue weighted by molar-refractivity contribution is 4.93. The number of aromatic nitrogens is 1. The van der Waals surface area contributed by atoms with Crippen LogP contribution >= 0.6 is 0 Å². The summed E-state index contributed by atoms with van der Waals surface area (Å²) in [5.41, 5.74) is -0.142. The summed E-state index contributed by atoms with van der Waals surface area (Å²) >= 11 is 0. The zero-order valence-electron chi connectivity index (χ0n) is 7.42. The summed E-state index contributed by atoms with van der Waals surface area (Å²) in [6.07, 6.45) is -1.89. The lowest BCUT2D eigenvalue weighted by Crippen LogP contribution is -2.10. The molecule has 1 rings (SSSR count). The highest BCUT2D eigenvalue weighted by atomic mass is 19.4. The third-order valence-corrected chi connectivity index (χ3v) is 1.74. The summed E-state index contributed by atoms with van der Waals surface area (Å²) in [6.45, 7) is 0.278. The fourth-order valence-electron chi connectivity index (χ4n) is 1.05. The topological polar surface area (TPSA) is 22.0 Å². The van der Waals surface area contributed by atoms with Crippen LogP contribution in [-0.2, 0) is 6.54 Å². The van der Waals surface area contributed by atoms with Crippen LogP contribution in [0.25, 0.3) is 0 Å². The predicted molar refractivity (Wildman–Crippen MR) is 46.0 cm³/mol. The van der Waals surface area contributed by atoms with Gasteiger partial charge in [0.2, 0.25) is 0 Å². The smallest absolute Gasteiger partial charge is 0.354 e. The molecule has 14 heavy (non-hydrogen) atoms. The molecule has 0 aromatic carbocycles. The molecule has 0 radical (unpaired) electrons. The minimum atomic E-state index is -4.10. The van der Waals surface area contributed by atoms with Gasteiger partial charge in [-0.25, -0.2) is 0 Å². The van der Waals surface area contributed by atoms with Crippen LogP contribution in [0.4, 0.5) is 13.2 Å². The van der Waals surface area contributed by atoms with E-state index in [1.807, 2.05) is 0 Å². The van der Waals surface area contributed by atoms with Crippen molar-refractivity contribution in [3.63, 3.8) is 0 Å². The van der Waals surface area contributed by atoms with Crippen LogP contribution in [-0.4, -0.2) is 10.7 Å². The van der Waals surface area contributed by atoms with Crippen molar-refractivity contribution in [1.29, 1.82) is 0 Å². The van der Waals surface area contributed by atoms with Gasteiger partial charge >= 0.3 is 6.18 Å². The van der Waals surface area contributed by atoms with E-state index in [1.165, 1.54) is 24.5 Å². The van der Waals surface area contributed by atoms with Crippen molar-refractivity contribution in [2.45, 2.75) is 25.6 Å². The monoisotopic (exact) mass is 205 g/mol. The Hall–Kier alpha value is -1.26. The van der Waals surface area contributed by atoms with Gasteiger partial charge in [0.05, 0.1) is 0 Å². The van der Waals surface area contributed by atoms with Gasteiger partial charge in [0.25, 0.3) is 0 Å². The van der Waals surface area contributed by atoms with E-state index >= 15 is 0 Å². The first-order chi connectivity index (χ1) is 6.47. The minimum absolute atomic E-state index is 0.0341. The zero-order valence-corrected chi connectivity index (χ0v) is 7.42. The molecule has 0 aliphatic heterocycles. The van der Waals surface area contributed by atoms with Gasteiger partial charge in [0, 0.05) is 37.5 Å². The quantitative estimate of drug-likeness (QED) is 0.741. The van der Waals surface area contributed by atoms with E-state index < -0.39 is 12.6 Å². The van der Waals surface area contributed by atoms with E-state index in [9.17, 15) is 18.0 Å². The molecular weight excluding hydrogens is 195 g/mol. The lowest BCUT2D eigenvalue weighted by atomic mass is 10.3. The van der Waals surface area contributed by atoms with E-state index in [4.69, 9.17) is 0 Å². The Morgan fingerprint density at radius 1 is 1.21 bits per heavy atom. The number of halogens is 3. The first-order valence-corrected chi connectivity index (χ1v) is 4.20. The Balaban J connectivity index is 2.39. The van der Waals surface area contributed by atoms with Gasteiger partial charge in [-0.3, -0.25) is 4.79 Å². The average Bonchev–Trinajstić information content (AvgIpc) is 2.06. The third-order valence-electron chi connectivity index (χ3n) is 1.74. The Morgan fingerprint density at radius 2 is 1.79 bits per heavy atom. The molecule has 0 unspecified atom stereocenters. The molecule has 0 fully saturated rings. The van der Waals surface area contributed by atoms with Gasteiger partial charge in [-0.2, -0.15) is 13.2 Å². The molecule has 1 aromatic rings. The van der Waals surface area contributed by atoms with Crippen molar-refractivity contribution in [2.24, 2.45) is 0 Å². The number of alkyl halides is 3. The fourth-order valence-corrected chi connectivity index (χ4v) is 1.05. The van der Waals surface area contributed by atoms with Crippen LogP contribution in [0.2, 0.25) is 0 Å². The molecule has 5 heteroatoms. The minimum Gasteiger partial charge on any atom is -0.354 e. The normalized spacial score (nSPS) is 11.6. The maximum absolute atomic E-state index is 11.8. The van der Waals surface area contributed by atoms with Crippen molar-refractivity contribution in [1.82, 2.24) is 4.57 Å². The SMILES string of the molecule is O=c1ccn(CCCC(F)(F)F)cc1. The van der Waals surface area contributed by atoms with Crippen LogP contribution in [0.1, 0.15) is 12.8 Å². The summed E-state index contributed by atoms with van der Waals surface area (Å²) < 4.78 is 36.9. The molecule has 0 N–H and O–H groups in total. The van der Waals surface area contributed by atoms with Gasteiger partial charge in [-0.1, -0.05) is 0 Å². The molecule has 0 aliphatic rings. The highest BCUT2D eigenvalue weighted by Crippen LogP contribution is 2.21. The lowest BCUT2D eigenvalue weighted by Gasteiger charge is -2.07. The molecule has 1 heterocycles. The number of hydrogen-bond donors (Lipinski definition) is 0. The first-order valence-electron chi connectivity index (χ1n) is 4.20. The van der Waals surface area contributed by atoms with E-state index in [0.29, 0.717) is 0 Å². The summed E-state index contributed by atoms with van der Waals surface area (Å²) in [5.74, 6) is 0. The van der Waals surface area contributed by atoms with Gasteiger partial charge in [0.15, 0.2) is 5.43 Å². The maximum atomic E-state index is 11.8. The molecule has 2 nitrogen and oxygen atoms in total. The van der Waals surface area contributed by atoms with Crippen LogP contribution in [0.15, 0.2) is 29.3 Å². The Kier molecular flexibility index (Phi) is 3.33. The molecule has 0 atom stereocenters. The first kappa shape index (κ1) is 10.8. The van der Waals surface area contributed by atoms with E-state index in [0.717, 1.165) is 0 Å². The van der Waals surface area contributed by atoms with Crippen molar-refractivity contribution < 1.29 is 13.2 Å². The number of pyridine rings is 1. The van der Waals surface area contributed by atoms with Crippen molar-refractivity contribution >= 4 is 0 Å². The average molecular weight is 205 g/mol. The van der Waals surface area contributed by atoms with Crippen molar-refractivity contribution in [2.75, 3.05) is 0 Å². The highest BCUT2D eigenvalue weighted by Gasteiger charge is 2.25. The molecule has 78 valence electrons. The largest absolute Gasteiger partial charge is 0.389 e. The number of hydrogen-bond acceptors (Lipinski definition) is 1. The summed E-state index contributed by atoms with van der Waals surface area (Å²) in [6, 6.07) is 2.65. The van der Waals surface area contributed by atoms with Crippen LogP contribution < -0.4 is 5.43 Å². The number of rotatable bonds is 3. The van der Waals surface area contributed by atoms with Gasteiger partial charge < -0.3 is 4.57 Å². The van der Waals surface area contributed by atoms with Crippen LogP contribution in [0.5, 0.6) is 0 Å². The van der Waals surface area contributed by atoms with Crippen molar-refractivity contribution in [3.05, 3.63) is 34.7 Å². The number of aryl methyl sites for hydroxylation is 1. The van der Waals surface area contributed by atoms with Gasteiger partial charge in [-0.05, 0) is 6.42 Å². The zero-order chi connectivity index (χ0) is 10.6. The Morgan fingerprint density at radius 3 is 2.29 bits per heavy atom. The fraction of sp³-hybridized carbons (Fsp3) is 0.444. The maximum Gasteiger partial charge on any atom is 0.389 e. The Bertz CT molecular complexity index is 322. The third kappa shape index (κ3) is 4.11. The molecule has 1 aromatic heterocycles. The molecule has 0 saturated carbocycles. The lowest BCUT2D eigenvalue weighted by molar-refractivity contribution is -0.135. The summed E-state index contributed by atoms with van der Waals surface area (Å²) in [5, 5.41) is 0.